The van der Waals surface area contributed by atoms with Crippen LogP contribution < -0.4 is 9.31 Å². The summed E-state index contributed by atoms with van der Waals surface area (Å²) in [4.78, 5) is 5.00. The van der Waals surface area contributed by atoms with Gasteiger partial charge in [-0.1, -0.05) is 172 Å². The smallest absolute Gasteiger partial charge is 0.509 e. The second kappa shape index (κ2) is 19.5. The SMILES string of the molecule is CC(C)Cc1cc2c3ccc(Oc4[c-]c([N+]5=C=[N+](CCc6c(-c7ccccc7)cccc6-c6ccccc6)c6ccccc65)ccc4)[c-]c3n(-c3cc(C(C)(C)C)ccn3)c2cc1CC(C)C.[Pt+2]. The molecule has 10 rings (SSSR count). The van der Waals surface area contributed by atoms with Crippen LogP contribution in [0.1, 0.15) is 70.7 Å². The number of aromatic nitrogens is 2. The Morgan fingerprint density at radius 1 is 0.632 bits per heavy atom. The molecule has 0 aliphatic carbocycles. The van der Waals surface area contributed by atoms with E-state index < -0.39 is 0 Å². The van der Waals surface area contributed by atoms with Crippen molar-refractivity contribution in [1.29, 1.82) is 0 Å². The van der Waals surface area contributed by atoms with Gasteiger partial charge in [0.1, 0.15) is 11.5 Å². The van der Waals surface area contributed by atoms with Crippen LogP contribution in [0, 0.1) is 24.0 Å². The second-order valence-corrected chi connectivity index (χ2v) is 19.8. The summed E-state index contributed by atoms with van der Waals surface area (Å²) in [5.41, 5.74) is 15.3. The summed E-state index contributed by atoms with van der Waals surface area (Å²) in [6, 6.07) is 67.2. The number of pyridine rings is 1. The van der Waals surface area contributed by atoms with Gasteiger partial charge in [-0.3, -0.25) is 0 Å². The zero-order valence-corrected chi connectivity index (χ0v) is 42.4. The zero-order valence-electron chi connectivity index (χ0n) is 40.1. The number of rotatable bonds is 13. The van der Waals surface area contributed by atoms with Gasteiger partial charge >= 0.3 is 27.1 Å². The van der Waals surface area contributed by atoms with E-state index in [2.05, 4.69) is 220 Å². The Labute approximate surface area is 416 Å². The topological polar surface area (TPSA) is 33.1 Å². The van der Waals surface area contributed by atoms with E-state index in [1.54, 1.807) is 0 Å². The molecular formula is C62H58N4OPt+2. The first-order valence-electron chi connectivity index (χ1n) is 23.8. The van der Waals surface area contributed by atoms with Crippen LogP contribution in [0.5, 0.6) is 11.5 Å². The number of hydrogen-bond acceptors (Lipinski definition) is 2. The number of fused-ring (bicyclic) bond motifs is 4. The Bertz CT molecular complexity index is 3290. The van der Waals surface area contributed by atoms with E-state index in [1.165, 1.54) is 49.9 Å². The van der Waals surface area contributed by atoms with E-state index in [4.69, 9.17) is 9.72 Å². The molecule has 6 heteroatoms. The van der Waals surface area contributed by atoms with E-state index in [0.29, 0.717) is 23.3 Å². The van der Waals surface area contributed by atoms with Gasteiger partial charge < -0.3 is 9.30 Å². The van der Waals surface area contributed by atoms with E-state index >= 15 is 0 Å². The summed E-state index contributed by atoms with van der Waals surface area (Å²) in [5.74, 6) is 3.17. The van der Waals surface area contributed by atoms with Crippen LogP contribution in [-0.2, 0) is 45.7 Å². The van der Waals surface area contributed by atoms with Gasteiger partial charge in [0.25, 0.3) is 11.4 Å². The third-order valence-electron chi connectivity index (χ3n) is 12.8. The van der Waals surface area contributed by atoms with E-state index in [9.17, 15) is 0 Å². The molecule has 340 valence electrons. The molecule has 0 amide bonds. The van der Waals surface area contributed by atoms with Gasteiger partial charge in [0, 0.05) is 41.8 Å². The fourth-order valence-corrected chi connectivity index (χ4v) is 9.68. The Morgan fingerprint density at radius 3 is 1.91 bits per heavy atom. The molecule has 5 nitrogen and oxygen atoms in total. The minimum absolute atomic E-state index is 0. The Balaban J connectivity index is 0.00000578. The molecule has 1 aliphatic heterocycles. The van der Waals surface area contributed by atoms with Crippen LogP contribution in [0.3, 0.4) is 0 Å². The van der Waals surface area contributed by atoms with Crippen LogP contribution in [0.15, 0.2) is 164 Å². The fourth-order valence-electron chi connectivity index (χ4n) is 9.68. The summed E-state index contributed by atoms with van der Waals surface area (Å²) in [6.45, 7) is 16.7. The van der Waals surface area contributed by atoms with Crippen molar-refractivity contribution in [3.8, 4) is 39.6 Å². The first kappa shape index (κ1) is 46.5. The summed E-state index contributed by atoms with van der Waals surface area (Å²) in [6.07, 6.45) is 4.81. The van der Waals surface area contributed by atoms with E-state index in [-0.39, 0.29) is 26.5 Å². The fraction of sp³-hybridized carbons (Fsp3) is 0.226. The number of nitrogens with zero attached hydrogens (tertiary/aromatic N) is 4. The molecule has 0 saturated carbocycles. The van der Waals surface area contributed by atoms with Crippen molar-refractivity contribution in [2.24, 2.45) is 11.8 Å². The summed E-state index contributed by atoms with van der Waals surface area (Å²) >= 11 is 0. The average Bonchev–Trinajstić information content (AvgIpc) is 3.85. The molecule has 7 aromatic carbocycles. The molecule has 2 aromatic heterocycles. The molecule has 9 aromatic rings. The zero-order chi connectivity index (χ0) is 46.2. The molecule has 0 N–H and O–H groups in total. The molecule has 0 unspecified atom stereocenters. The molecular weight excluding hydrogens is 1010 g/mol. The second-order valence-electron chi connectivity index (χ2n) is 19.8. The molecule has 0 saturated heterocycles. The van der Waals surface area contributed by atoms with E-state index in [0.717, 1.165) is 65.1 Å². The quantitative estimate of drug-likeness (QED) is 0.0851. The monoisotopic (exact) mass is 1070 g/mol. The maximum atomic E-state index is 6.72. The Morgan fingerprint density at radius 2 is 1.25 bits per heavy atom. The molecule has 0 fully saturated rings. The van der Waals surface area contributed by atoms with E-state index in [1.807, 2.05) is 24.4 Å². The standard InChI is InChI=1S/C62H58N4O.Pt/c1-42(2)34-46-36-56-55-29-28-51(40-60(55)66(59(56)37-47(46)35-43(3)4)61-38-48(30-32-63-61)62(5,6)7)67-50-23-16-22-49(39-50)65-41-64(57-26-14-15-27-58(57)65)33-31-54-52(44-18-10-8-11-19-44)24-17-25-53(54)45-20-12-9-13-21-45;/h8-30,32,36-38,42-43H,31,33-35H2,1-7H3;/q;+2. The summed E-state index contributed by atoms with van der Waals surface area (Å²) < 4.78 is 13.4. The van der Waals surface area contributed by atoms with Crippen molar-refractivity contribution in [1.82, 2.24) is 14.1 Å². The Kier molecular flexibility index (Phi) is 13.3. The number of ether oxygens (including phenoxy) is 1. The van der Waals surface area contributed by atoms with Crippen molar-refractivity contribution in [3.05, 3.63) is 198 Å². The third kappa shape index (κ3) is 9.44. The van der Waals surface area contributed by atoms with Gasteiger partial charge in [0.2, 0.25) is 0 Å². The predicted molar refractivity (Wildman–Crippen MR) is 277 cm³/mol. The third-order valence-corrected chi connectivity index (χ3v) is 12.8. The van der Waals surface area contributed by atoms with Crippen molar-refractivity contribution in [2.75, 3.05) is 6.54 Å². The largest absolute Gasteiger partial charge is 2.00 e. The van der Waals surface area contributed by atoms with Gasteiger partial charge in [0.05, 0.1) is 0 Å². The minimum Gasteiger partial charge on any atom is -0.509 e. The minimum atomic E-state index is -0.0377. The number of hydrogen-bond donors (Lipinski definition) is 0. The van der Waals surface area contributed by atoms with Crippen LogP contribution in [0.2, 0.25) is 0 Å². The first-order chi connectivity index (χ1) is 32.5. The molecule has 0 bridgehead atoms. The van der Waals surface area contributed by atoms with Crippen LogP contribution >= 0.6 is 0 Å². The van der Waals surface area contributed by atoms with Crippen molar-refractivity contribution < 1.29 is 30.4 Å². The van der Waals surface area contributed by atoms with Gasteiger partial charge in [-0.2, -0.15) is 12.1 Å². The van der Waals surface area contributed by atoms with Crippen molar-refractivity contribution >= 4 is 44.9 Å². The molecule has 0 atom stereocenters. The maximum absolute atomic E-state index is 6.72. The van der Waals surface area contributed by atoms with Gasteiger partial charge in [0.15, 0.2) is 6.54 Å². The van der Waals surface area contributed by atoms with Crippen LogP contribution in [-0.4, -0.2) is 26.7 Å². The van der Waals surface area contributed by atoms with Gasteiger partial charge in [-0.25, -0.2) is 4.98 Å². The number of benzene rings is 7. The Hall–Kier alpha value is -6.64. The number of para-hydroxylation sites is 2. The van der Waals surface area contributed by atoms with Gasteiger partial charge in [-0.15, -0.1) is 23.6 Å². The van der Waals surface area contributed by atoms with Gasteiger partial charge in [-0.05, 0) is 98.2 Å². The molecule has 0 spiro atoms. The van der Waals surface area contributed by atoms with Crippen LogP contribution in [0.25, 0.3) is 49.9 Å². The first-order valence-corrected chi connectivity index (χ1v) is 23.8. The van der Waals surface area contributed by atoms with Crippen molar-refractivity contribution in [2.45, 2.75) is 73.1 Å². The average molecular weight is 1070 g/mol. The normalized spacial score (nSPS) is 12.4. The molecule has 3 heterocycles. The molecule has 0 radical (unpaired) electrons. The van der Waals surface area contributed by atoms with Crippen LogP contribution in [0.4, 0.5) is 17.1 Å². The summed E-state index contributed by atoms with van der Waals surface area (Å²) in [7, 11) is 0. The van der Waals surface area contributed by atoms with Crippen molar-refractivity contribution in [3.63, 3.8) is 0 Å². The predicted octanol–water partition coefficient (Wildman–Crippen LogP) is 15.5. The summed E-state index contributed by atoms with van der Waals surface area (Å²) in [5, 5.41) is 2.34. The maximum Gasteiger partial charge on any atom is 2.00 e. The molecule has 1 aliphatic rings. The molecule has 68 heavy (non-hydrogen) atoms.